The molecule has 0 amide bonds. The van der Waals surface area contributed by atoms with Crippen LogP contribution in [0.5, 0.6) is 0 Å². The van der Waals surface area contributed by atoms with E-state index in [1.165, 1.54) is 31.7 Å². The highest BCUT2D eigenvalue weighted by Gasteiger charge is 2.39. The molecule has 0 aliphatic heterocycles. The molecule has 0 fully saturated rings. The molecule has 9 rings (SSSR count). The average molecular weight is 593 g/mol. The van der Waals surface area contributed by atoms with Crippen molar-refractivity contribution < 1.29 is 0 Å². The Labute approximate surface area is 277 Å². The molecule has 3 nitrogen and oxygen atoms in total. The van der Waals surface area contributed by atoms with Crippen molar-refractivity contribution in [2.45, 2.75) is 19.3 Å². The fourth-order valence-corrected chi connectivity index (χ4v) is 8.98. The fourth-order valence-electron chi connectivity index (χ4n) is 7.44. The molecule has 0 atom stereocenters. The summed E-state index contributed by atoms with van der Waals surface area (Å²) in [4.78, 5) is 11.7. The summed E-state index contributed by atoms with van der Waals surface area (Å²) in [6.07, 6.45) is 0. The minimum Gasteiger partial charge on any atom is -0.276 e. The summed E-state index contributed by atoms with van der Waals surface area (Å²) in [6, 6.07) is 29.4. The van der Waals surface area contributed by atoms with Gasteiger partial charge in [-0.1, -0.05) is 97.6 Å². The maximum Gasteiger partial charge on any atom is 0.235 e. The lowest BCUT2D eigenvalue weighted by molar-refractivity contribution is 0.667. The summed E-state index contributed by atoms with van der Waals surface area (Å²) in [5, 5.41) is 4.26. The Kier molecular flexibility index (Phi) is 5.76. The summed E-state index contributed by atoms with van der Waals surface area (Å²) >= 11 is 1.84. The summed E-state index contributed by atoms with van der Waals surface area (Å²) in [5.41, 5.74) is 8.66. The van der Waals surface area contributed by atoms with Crippen LogP contribution in [0.3, 0.4) is 0 Å². The van der Waals surface area contributed by atoms with Crippen molar-refractivity contribution in [1.29, 1.82) is 0 Å². The Balaban J connectivity index is 1.44. The van der Waals surface area contributed by atoms with Gasteiger partial charge in [-0.05, 0) is 39.8 Å². The third kappa shape index (κ3) is 3.50. The van der Waals surface area contributed by atoms with Gasteiger partial charge in [0.25, 0.3) is 0 Å². The van der Waals surface area contributed by atoms with Gasteiger partial charge < -0.3 is 0 Å². The van der Waals surface area contributed by atoms with Gasteiger partial charge in [0, 0.05) is 26.5 Å². The van der Waals surface area contributed by atoms with E-state index in [4.69, 9.17) is 49.2 Å². The number of para-hydroxylation sites is 2. The van der Waals surface area contributed by atoms with Crippen molar-refractivity contribution in [3.05, 3.63) is 96.1 Å². The van der Waals surface area contributed by atoms with Crippen molar-refractivity contribution in [2.24, 2.45) is 0 Å². The molecule has 204 valence electrons. The molecule has 5 aromatic carbocycles. The third-order valence-corrected chi connectivity index (χ3v) is 10.9. The van der Waals surface area contributed by atoms with Crippen LogP contribution < -0.4 is 27.3 Å². The van der Waals surface area contributed by atoms with Crippen LogP contribution in [0.4, 0.5) is 0 Å². The highest BCUT2D eigenvalue weighted by Crippen LogP contribution is 2.56. The molecule has 0 bridgehead atoms. The average Bonchev–Trinajstić information content (AvgIpc) is 3.69. The predicted octanol–water partition coefficient (Wildman–Crippen LogP) is 3.88. The van der Waals surface area contributed by atoms with Crippen LogP contribution in [-0.2, 0) is 5.41 Å². The topological polar surface area (TPSA) is 30.7 Å². The molecule has 0 spiro atoms. The standard InChI is InChI=1S/C37H20B5N3S/c1-37(2)22-12-6-3-10-19(22)34-26(37)21-16-15-18-17-9-5-8-14-24(17)45(33(18)35(21)46-34)36-43-23-13-7-4-11-20(23)32(44-36)25-27(38)29(40)31(42)30(41)28(25)39/h3-16H,1-2H3. The van der Waals surface area contributed by atoms with E-state index in [9.17, 15) is 0 Å². The summed E-state index contributed by atoms with van der Waals surface area (Å²) in [7, 11) is 32.0. The highest BCUT2D eigenvalue weighted by atomic mass is 32.1. The quantitative estimate of drug-likeness (QED) is 0.286. The first-order valence-corrected chi connectivity index (χ1v) is 15.9. The van der Waals surface area contributed by atoms with Crippen molar-refractivity contribution >= 4 is 121 Å². The Morgan fingerprint density at radius 2 is 1.26 bits per heavy atom. The molecule has 0 N–H and O–H groups in total. The van der Waals surface area contributed by atoms with Gasteiger partial charge in [0.2, 0.25) is 5.95 Å². The molecular weight excluding hydrogens is 573 g/mol. The van der Waals surface area contributed by atoms with Crippen LogP contribution in [0.2, 0.25) is 0 Å². The van der Waals surface area contributed by atoms with Crippen LogP contribution in [0.15, 0.2) is 84.9 Å². The molecule has 3 heterocycles. The minimum atomic E-state index is -0.134. The Morgan fingerprint density at radius 3 is 2.04 bits per heavy atom. The molecule has 1 aliphatic rings. The molecule has 9 heteroatoms. The molecular formula is C37H20B5N3S. The van der Waals surface area contributed by atoms with Gasteiger partial charge in [0.15, 0.2) is 0 Å². The number of hydrogen-bond acceptors (Lipinski definition) is 3. The van der Waals surface area contributed by atoms with E-state index in [2.05, 4.69) is 73.0 Å². The van der Waals surface area contributed by atoms with Gasteiger partial charge in [-0.25, -0.2) is 9.97 Å². The fraction of sp³-hybridized carbons (Fsp3) is 0.0811. The van der Waals surface area contributed by atoms with Gasteiger partial charge in [-0.15, -0.1) is 27.7 Å². The van der Waals surface area contributed by atoms with E-state index in [-0.39, 0.29) is 32.7 Å². The molecule has 3 aromatic heterocycles. The van der Waals surface area contributed by atoms with Crippen LogP contribution in [0, 0.1) is 0 Å². The van der Waals surface area contributed by atoms with E-state index in [0.717, 1.165) is 32.7 Å². The Hall–Kier alpha value is -4.48. The third-order valence-electron chi connectivity index (χ3n) is 9.69. The number of hydrogen-bond donors (Lipinski definition) is 0. The lowest BCUT2D eigenvalue weighted by Gasteiger charge is -2.22. The Bertz CT molecular complexity index is 2610. The molecule has 10 radical (unpaired) electrons. The van der Waals surface area contributed by atoms with Gasteiger partial charge in [-0.3, -0.25) is 4.57 Å². The lowest BCUT2D eigenvalue weighted by Crippen LogP contribution is -2.55. The first kappa shape index (κ1) is 27.8. The maximum absolute atomic E-state index is 6.60. The molecule has 0 saturated heterocycles. The van der Waals surface area contributed by atoms with E-state index in [1.807, 2.05) is 41.7 Å². The number of rotatable bonds is 2. The number of fused-ring (bicyclic) bond motifs is 10. The van der Waals surface area contributed by atoms with Crippen LogP contribution >= 0.6 is 11.3 Å². The van der Waals surface area contributed by atoms with Gasteiger partial charge >= 0.3 is 0 Å². The van der Waals surface area contributed by atoms with Crippen LogP contribution in [0.25, 0.3) is 70.4 Å². The SMILES string of the molecule is [B]c1c([B])c([B])c(-c2nc(-n3c4ccccc4c4ccc5c6c(sc5c43)-c3ccccc3C6(C)C)nc3ccccc23)c([B])c1[B]. The molecule has 1 aliphatic carbocycles. The lowest BCUT2D eigenvalue weighted by atomic mass is 9.60. The zero-order valence-corrected chi connectivity index (χ0v) is 26.0. The molecule has 46 heavy (non-hydrogen) atoms. The largest absolute Gasteiger partial charge is 0.276 e. The number of thiophene rings is 1. The number of benzene rings is 5. The highest BCUT2D eigenvalue weighted by molar-refractivity contribution is 7.23. The second-order valence-electron chi connectivity index (χ2n) is 12.5. The van der Waals surface area contributed by atoms with E-state index in [0.29, 0.717) is 17.2 Å². The van der Waals surface area contributed by atoms with Crippen molar-refractivity contribution in [2.75, 3.05) is 0 Å². The Morgan fingerprint density at radius 1 is 0.630 bits per heavy atom. The van der Waals surface area contributed by atoms with Gasteiger partial charge in [0.05, 0.1) is 26.9 Å². The molecule has 8 aromatic rings. The maximum atomic E-state index is 6.60. The summed E-state index contributed by atoms with van der Waals surface area (Å²) in [5.74, 6) is 0.494. The normalized spacial score (nSPS) is 13.6. The number of nitrogens with zero attached hydrogens (tertiary/aromatic N) is 3. The first-order chi connectivity index (χ1) is 22.2. The summed E-state index contributed by atoms with van der Waals surface area (Å²) in [6.45, 7) is 4.64. The van der Waals surface area contributed by atoms with Crippen molar-refractivity contribution in [1.82, 2.24) is 14.5 Å². The van der Waals surface area contributed by atoms with Crippen LogP contribution in [0.1, 0.15) is 25.0 Å². The first-order valence-electron chi connectivity index (χ1n) is 15.1. The van der Waals surface area contributed by atoms with E-state index >= 15 is 0 Å². The second-order valence-corrected chi connectivity index (χ2v) is 13.5. The smallest absolute Gasteiger partial charge is 0.235 e. The molecule has 0 saturated carbocycles. The van der Waals surface area contributed by atoms with E-state index < -0.39 is 0 Å². The molecule has 0 unspecified atom stereocenters. The van der Waals surface area contributed by atoms with Crippen molar-refractivity contribution in [3.8, 4) is 27.6 Å². The van der Waals surface area contributed by atoms with Gasteiger partial charge in [-0.2, -0.15) is 0 Å². The second kappa shape index (κ2) is 9.53. The van der Waals surface area contributed by atoms with Gasteiger partial charge in [0.1, 0.15) is 39.2 Å². The zero-order valence-electron chi connectivity index (χ0n) is 25.2. The van der Waals surface area contributed by atoms with E-state index in [1.54, 1.807) is 0 Å². The number of aromatic nitrogens is 3. The van der Waals surface area contributed by atoms with Crippen LogP contribution in [-0.4, -0.2) is 53.8 Å². The monoisotopic (exact) mass is 593 g/mol. The van der Waals surface area contributed by atoms with Crippen molar-refractivity contribution in [3.63, 3.8) is 0 Å². The summed E-state index contributed by atoms with van der Waals surface area (Å²) < 4.78 is 3.36. The minimum absolute atomic E-state index is 0.134. The predicted molar refractivity (Wildman–Crippen MR) is 199 cm³/mol. The zero-order chi connectivity index (χ0) is 31.6.